The highest BCUT2D eigenvalue weighted by atomic mass is 16.1. The molecule has 0 saturated heterocycles. The van der Waals surface area contributed by atoms with Crippen molar-refractivity contribution in [2.24, 2.45) is 0 Å². The van der Waals surface area contributed by atoms with E-state index in [1.807, 2.05) is 18.2 Å². The number of aromatic nitrogens is 1. The van der Waals surface area contributed by atoms with Gasteiger partial charge in [0, 0.05) is 6.20 Å². The van der Waals surface area contributed by atoms with Crippen molar-refractivity contribution in [2.45, 2.75) is 0 Å². The molecule has 1 heterocycles. The van der Waals surface area contributed by atoms with Gasteiger partial charge >= 0.3 is 0 Å². The second kappa shape index (κ2) is 4.90. The minimum Gasteiger partial charge on any atom is -0.313 e. The van der Waals surface area contributed by atoms with Gasteiger partial charge in [-0.3, -0.25) is 4.79 Å². The molecule has 4 heteroatoms. The van der Waals surface area contributed by atoms with E-state index in [9.17, 15) is 4.79 Å². The van der Waals surface area contributed by atoms with Crippen LogP contribution >= 0.6 is 0 Å². The van der Waals surface area contributed by atoms with Crippen molar-refractivity contribution in [3.63, 3.8) is 0 Å². The van der Waals surface area contributed by atoms with Gasteiger partial charge in [-0.25, -0.2) is 4.98 Å². The molecule has 1 aromatic heterocycles. The molecule has 0 aliphatic carbocycles. The zero-order chi connectivity index (χ0) is 12.1. The third-order valence-corrected chi connectivity index (χ3v) is 2.29. The minimum absolute atomic E-state index is 0.486. The predicted molar refractivity (Wildman–Crippen MR) is 64.1 cm³/mol. The van der Waals surface area contributed by atoms with Crippen molar-refractivity contribution in [2.75, 3.05) is 5.32 Å². The summed E-state index contributed by atoms with van der Waals surface area (Å²) in [6.07, 6.45) is 2.19. The molecule has 0 fully saturated rings. The quantitative estimate of drug-likeness (QED) is 0.811. The predicted octanol–water partition coefficient (Wildman–Crippen LogP) is 2.19. The summed E-state index contributed by atoms with van der Waals surface area (Å²) in [5.41, 5.74) is 2.42. The topological polar surface area (TPSA) is 65.8 Å². The van der Waals surface area contributed by atoms with E-state index in [1.54, 1.807) is 24.4 Å². The van der Waals surface area contributed by atoms with Crippen LogP contribution in [0.3, 0.4) is 0 Å². The van der Waals surface area contributed by atoms with Crippen LogP contribution in [0.1, 0.15) is 5.56 Å². The standard InChI is InChI=1S/C13H9N3O/c14-8-10-2-1-3-11(6-10)12-4-5-15-13(7-12)16-9-17/h1-7,9H,(H,15,16,17). The van der Waals surface area contributed by atoms with Crippen LogP contribution in [0.25, 0.3) is 11.1 Å². The van der Waals surface area contributed by atoms with Crippen LogP contribution in [0, 0.1) is 11.3 Å². The number of hydrogen-bond acceptors (Lipinski definition) is 3. The SMILES string of the molecule is N#Cc1cccc(-c2ccnc(NC=O)c2)c1. The molecule has 0 saturated carbocycles. The summed E-state index contributed by atoms with van der Waals surface area (Å²) in [6, 6.07) is 12.9. The lowest BCUT2D eigenvalue weighted by Crippen LogP contribution is -1.96. The lowest BCUT2D eigenvalue weighted by atomic mass is 10.0. The summed E-state index contributed by atoms with van der Waals surface area (Å²) in [5.74, 6) is 0.486. The molecule has 4 nitrogen and oxygen atoms in total. The van der Waals surface area contributed by atoms with E-state index < -0.39 is 0 Å². The van der Waals surface area contributed by atoms with Gasteiger partial charge in [0.2, 0.25) is 6.41 Å². The van der Waals surface area contributed by atoms with Crippen molar-refractivity contribution in [3.8, 4) is 17.2 Å². The van der Waals surface area contributed by atoms with E-state index in [0.717, 1.165) is 11.1 Å². The van der Waals surface area contributed by atoms with Crippen molar-refractivity contribution >= 4 is 12.2 Å². The van der Waals surface area contributed by atoms with Crippen LogP contribution < -0.4 is 5.32 Å². The highest BCUT2D eigenvalue weighted by molar-refractivity contribution is 5.73. The Kier molecular flexibility index (Phi) is 3.13. The van der Waals surface area contributed by atoms with E-state index in [1.165, 1.54) is 0 Å². The average Bonchev–Trinajstić information content (AvgIpc) is 2.40. The molecule has 0 atom stereocenters. The third kappa shape index (κ3) is 2.47. The first-order chi connectivity index (χ1) is 8.33. The van der Waals surface area contributed by atoms with Gasteiger partial charge in [0.05, 0.1) is 11.6 Å². The van der Waals surface area contributed by atoms with Crippen molar-refractivity contribution in [1.29, 1.82) is 5.26 Å². The van der Waals surface area contributed by atoms with Gasteiger partial charge < -0.3 is 5.32 Å². The van der Waals surface area contributed by atoms with Crippen LogP contribution in [0.15, 0.2) is 42.6 Å². The Morgan fingerprint density at radius 3 is 2.82 bits per heavy atom. The third-order valence-electron chi connectivity index (χ3n) is 2.29. The second-order valence-corrected chi connectivity index (χ2v) is 3.38. The summed E-state index contributed by atoms with van der Waals surface area (Å²) in [6.45, 7) is 0. The number of nitrogens with one attached hydrogen (secondary N) is 1. The molecule has 2 rings (SSSR count). The Morgan fingerprint density at radius 1 is 1.24 bits per heavy atom. The van der Waals surface area contributed by atoms with Gasteiger partial charge in [-0.05, 0) is 35.4 Å². The number of carbonyl (C=O) groups excluding carboxylic acids is 1. The highest BCUT2D eigenvalue weighted by Gasteiger charge is 2.00. The van der Waals surface area contributed by atoms with Crippen LogP contribution in [-0.4, -0.2) is 11.4 Å². The molecule has 1 amide bonds. The number of carbonyl (C=O) groups is 1. The molecule has 17 heavy (non-hydrogen) atoms. The smallest absolute Gasteiger partial charge is 0.212 e. The number of benzene rings is 1. The fourth-order valence-corrected chi connectivity index (χ4v) is 1.52. The number of amides is 1. The fraction of sp³-hybridized carbons (Fsp3) is 0. The van der Waals surface area contributed by atoms with Gasteiger partial charge in [0.15, 0.2) is 0 Å². The zero-order valence-electron chi connectivity index (χ0n) is 8.92. The minimum atomic E-state index is 0.486. The number of rotatable bonds is 3. The molecule has 1 aromatic carbocycles. The number of nitriles is 1. The average molecular weight is 223 g/mol. The molecule has 1 N–H and O–H groups in total. The highest BCUT2D eigenvalue weighted by Crippen LogP contribution is 2.21. The number of anilines is 1. The van der Waals surface area contributed by atoms with E-state index in [-0.39, 0.29) is 0 Å². The van der Waals surface area contributed by atoms with E-state index in [2.05, 4.69) is 16.4 Å². The van der Waals surface area contributed by atoms with Crippen molar-refractivity contribution < 1.29 is 4.79 Å². The summed E-state index contributed by atoms with van der Waals surface area (Å²) < 4.78 is 0. The summed E-state index contributed by atoms with van der Waals surface area (Å²) >= 11 is 0. The summed E-state index contributed by atoms with van der Waals surface area (Å²) in [4.78, 5) is 14.3. The Bertz CT molecular complexity index is 587. The fourth-order valence-electron chi connectivity index (χ4n) is 1.52. The van der Waals surface area contributed by atoms with E-state index in [4.69, 9.17) is 5.26 Å². The molecular formula is C13H9N3O. The van der Waals surface area contributed by atoms with Crippen molar-refractivity contribution in [3.05, 3.63) is 48.2 Å². The van der Waals surface area contributed by atoms with Crippen LogP contribution in [0.2, 0.25) is 0 Å². The molecule has 2 aromatic rings. The van der Waals surface area contributed by atoms with Crippen molar-refractivity contribution in [1.82, 2.24) is 4.98 Å². The monoisotopic (exact) mass is 223 g/mol. The largest absolute Gasteiger partial charge is 0.313 e. The van der Waals surface area contributed by atoms with Gasteiger partial charge in [-0.2, -0.15) is 5.26 Å². The first kappa shape index (κ1) is 10.8. The Labute approximate surface area is 98.5 Å². The first-order valence-electron chi connectivity index (χ1n) is 5.00. The molecule has 0 bridgehead atoms. The van der Waals surface area contributed by atoms with Gasteiger partial charge in [-0.1, -0.05) is 12.1 Å². The molecule has 0 unspecified atom stereocenters. The summed E-state index contributed by atoms with van der Waals surface area (Å²) in [7, 11) is 0. The first-order valence-corrected chi connectivity index (χ1v) is 5.00. The molecule has 0 aliphatic heterocycles. The van der Waals surface area contributed by atoms with E-state index >= 15 is 0 Å². The van der Waals surface area contributed by atoms with E-state index in [0.29, 0.717) is 17.8 Å². The molecule has 0 aliphatic rings. The van der Waals surface area contributed by atoms with Gasteiger partial charge in [0.1, 0.15) is 5.82 Å². The van der Waals surface area contributed by atoms with Crippen LogP contribution in [0.5, 0.6) is 0 Å². The Morgan fingerprint density at radius 2 is 2.06 bits per heavy atom. The lowest BCUT2D eigenvalue weighted by Gasteiger charge is -2.03. The normalized spacial score (nSPS) is 9.35. The summed E-state index contributed by atoms with van der Waals surface area (Å²) in [5, 5.41) is 11.3. The molecular weight excluding hydrogens is 214 g/mol. The zero-order valence-corrected chi connectivity index (χ0v) is 8.92. The Hall–Kier alpha value is -2.67. The number of hydrogen-bond donors (Lipinski definition) is 1. The molecule has 0 radical (unpaired) electrons. The maximum atomic E-state index is 10.3. The number of pyridine rings is 1. The second-order valence-electron chi connectivity index (χ2n) is 3.38. The molecule has 0 spiro atoms. The maximum absolute atomic E-state index is 10.3. The van der Waals surface area contributed by atoms with Crippen LogP contribution in [0.4, 0.5) is 5.82 Å². The number of nitrogens with zero attached hydrogens (tertiary/aromatic N) is 2. The van der Waals surface area contributed by atoms with Crippen LogP contribution in [-0.2, 0) is 4.79 Å². The lowest BCUT2D eigenvalue weighted by molar-refractivity contribution is -0.105. The molecule has 82 valence electrons. The van der Waals surface area contributed by atoms with Gasteiger partial charge in [0.25, 0.3) is 0 Å². The Balaban J connectivity index is 2.42. The van der Waals surface area contributed by atoms with Gasteiger partial charge in [-0.15, -0.1) is 0 Å². The maximum Gasteiger partial charge on any atom is 0.212 e.